The van der Waals surface area contributed by atoms with Gasteiger partial charge in [-0.25, -0.2) is 4.98 Å². The molecule has 0 radical (unpaired) electrons. The first kappa shape index (κ1) is 23.2. The molecule has 0 aliphatic carbocycles. The summed E-state index contributed by atoms with van der Waals surface area (Å²) in [5.74, 6) is 0.233. The Morgan fingerprint density at radius 2 is 1.78 bits per heavy atom. The van der Waals surface area contributed by atoms with Crippen LogP contribution in [-0.4, -0.2) is 25.6 Å². The predicted molar refractivity (Wildman–Crippen MR) is 139 cm³/mol. The van der Waals surface area contributed by atoms with Crippen molar-refractivity contribution < 1.29 is 9.32 Å². The quantitative estimate of drug-likeness (QED) is 0.370. The van der Waals surface area contributed by atoms with Gasteiger partial charge in [0.25, 0.3) is 5.89 Å². The summed E-state index contributed by atoms with van der Waals surface area (Å²) in [7, 11) is 0. The smallest absolute Gasteiger partial charge is 0.263 e. The van der Waals surface area contributed by atoms with E-state index in [4.69, 9.17) is 4.52 Å². The van der Waals surface area contributed by atoms with Crippen LogP contribution < -0.4 is 10.7 Å². The van der Waals surface area contributed by atoms with Gasteiger partial charge in [0, 0.05) is 23.1 Å². The van der Waals surface area contributed by atoms with Crippen LogP contribution in [0.4, 0.5) is 5.69 Å². The second kappa shape index (κ2) is 9.58. The second-order valence-electron chi connectivity index (χ2n) is 8.67. The van der Waals surface area contributed by atoms with Crippen molar-refractivity contribution in [2.45, 2.75) is 33.7 Å². The Balaban J connectivity index is 1.55. The van der Waals surface area contributed by atoms with Gasteiger partial charge in [0.05, 0.1) is 5.39 Å². The van der Waals surface area contributed by atoms with E-state index >= 15 is 0 Å². The van der Waals surface area contributed by atoms with Gasteiger partial charge in [0.15, 0.2) is 0 Å². The summed E-state index contributed by atoms with van der Waals surface area (Å²) < 4.78 is 7.13. The van der Waals surface area contributed by atoms with E-state index in [9.17, 15) is 9.59 Å². The van der Waals surface area contributed by atoms with Crippen molar-refractivity contribution in [3.05, 3.63) is 93.9 Å². The molecule has 0 saturated heterocycles. The van der Waals surface area contributed by atoms with Gasteiger partial charge in [-0.2, -0.15) is 4.98 Å². The molecular formula is C28H25N5O3. The van der Waals surface area contributed by atoms with Crippen LogP contribution in [0.3, 0.4) is 0 Å². The molecule has 0 spiro atoms. The number of fused-ring (bicyclic) bond motifs is 1. The van der Waals surface area contributed by atoms with E-state index in [1.54, 1.807) is 22.9 Å². The van der Waals surface area contributed by atoms with E-state index in [1.165, 1.54) is 0 Å². The molecule has 0 fully saturated rings. The summed E-state index contributed by atoms with van der Waals surface area (Å²) in [5, 5.41) is 7.41. The molecule has 0 atom stereocenters. The van der Waals surface area contributed by atoms with Crippen molar-refractivity contribution >= 4 is 22.6 Å². The third kappa shape index (κ3) is 4.53. The van der Waals surface area contributed by atoms with E-state index < -0.39 is 0 Å². The van der Waals surface area contributed by atoms with Crippen LogP contribution in [0.1, 0.15) is 23.7 Å². The molecule has 0 aliphatic rings. The lowest BCUT2D eigenvalue weighted by Gasteiger charge is -2.14. The highest BCUT2D eigenvalue weighted by Crippen LogP contribution is 2.23. The van der Waals surface area contributed by atoms with Crippen molar-refractivity contribution in [3.63, 3.8) is 0 Å². The molecule has 0 aliphatic heterocycles. The first-order chi connectivity index (χ1) is 17.4. The average molecular weight is 480 g/mol. The van der Waals surface area contributed by atoms with E-state index in [0.29, 0.717) is 16.9 Å². The lowest BCUT2D eigenvalue weighted by molar-refractivity contribution is -0.116. The highest BCUT2D eigenvalue weighted by molar-refractivity contribution is 5.92. The standard InChI is InChI=1S/C28H25N5O3/c1-4-19-7-5-6-8-23(19)30-24(34)16-33-15-22(25(35)21-14-11-18(3)29-27(21)33)28-31-26(32-36-28)20-12-9-17(2)10-13-20/h5-15H,4,16H2,1-3H3,(H,30,34). The largest absolute Gasteiger partial charge is 0.333 e. The molecule has 0 unspecified atom stereocenters. The number of hydrogen-bond donors (Lipinski definition) is 1. The van der Waals surface area contributed by atoms with E-state index in [2.05, 4.69) is 20.4 Å². The van der Waals surface area contributed by atoms with Crippen LogP contribution in [-0.2, 0) is 17.8 Å². The first-order valence-corrected chi connectivity index (χ1v) is 11.7. The number of benzene rings is 2. The summed E-state index contributed by atoms with van der Waals surface area (Å²) in [4.78, 5) is 35.4. The number of anilines is 1. The van der Waals surface area contributed by atoms with Gasteiger partial charge in [0.2, 0.25) is 17.2 Å². The monoisotopic (exact) mass is 479 g/mol. The number of aromatic nitrogens is 4. The summed E-state index contributed by atoms with van der Waals surface area (Å²) in [6.45, 7) is 5.83. The molecule has 1 N–H and O–H groups in total. The fourth-order valence-corrected chi connectivity index (χ4v) is 4.08. The van der Waals surface area contributed by atoms with Crippen molar-refractivity contribution in [2.75, 3.05) is 5.32 Å². The number of pyridine rings is 2. The zero-order valence-corrected chi connectivity index (χ0v) is 20.3. The SMILES string of the molecule is CCc1ccccc1NC(=O)Cn1cc(-c2nc(-c3ccc(C)cc3)no2)c(=O)c2ccc(C)nc21. The molecule has 5 aromatic rings. The van der Waals surface area contributed by atoms with Crippen LogP contribution in [0, 0.1) is 13.8 Å². The average Bonchev–Trinajstić information content (AvgIpc) is 3.36. The van der Waals surface area contributed by atoms with Gasteiger partial charge in [-0.3, -0.25) is 9.59 Å². The summed E-state index contributed by atoms with van der Waals surface area (Å²) in [6.07, 6.45) is 2.36. The molecule has 0 saturated carbocycles. The topological polar surface area (TPSA) is 103 Å². The van der Waals surface area contributed by atoms with Gasteiger partial charge in [-0.1, -0.05) is 60.1 Å². The third-order valence-corrected chi connectivity index (χ3v) is 6.01. The molecular weight excluding hydrogens is 454 g/mol. The zero-order chi connectivity index (χ0) is 25.2. The summed E-state index contributed by atoms with van der Waals surface area (Å²) in [5.41, 5.74) is 4.77. The maximum absolute atomic E-state index is 13.4. The molecule has 8 nitrogen and oxygen atoms in total. The Kier molecular flexibility index (Phi) is 6.16. The van der Waals surface area contributed by atoms with Crippen molar-refractivity contribution in [1.29, 1.82) is 0 Å². The molecule has 180 valence electrons. The normalized spacial score (nSPS) is 11.1. The minimum absolute atomic E-state index is 0.0444. The maximum Gasteiger partial charge on any atom is 0.263 e. The molecule has 8 heteroatoms. The fourth-order valence-electron chi connectivity index (χ4n) is 4.08. The Bertz CT molecular complexity index is 1630. The lowest BCUT2D eigenvalue weighted by Crippen LogP contribution is -2.22. The van der Waals surface area contributed by atoms with Crippen LogP contribution in [0.5, 0.6) is 0 Å². The number of carbonyl (C=O) groups is 1. The maximum atomic E-state index is 13.4. The predicted octanol–water partition coefficient (Wildman–Crippen LogP) is 4.93. The van der Waals surface area contributed by atoms with Crippen LogP contribution in [0.25, 0.3) is 33.9 Å². The van der Waals surface area contributed by atoms with Crippen molar-refractivity contribution in [3.8, 4) is 22.8 Å². The van der Waals surface area contributed by atoms with Gasteiger partial charge in [0.1, 0.15) is 17.8 Å². The fraction of sp³-hybridized carbons (Fsp3) is 0.179. The second-order valence-corrected chi connectivity index (χ2v) is 8.67. The molecule has 5 rings (SSSR count). The first-order valence-electron chi connectivity index (χ1n) is 11.7. The number of hydrogen-bond acceptors (Lipinski definition) is 6. The van der Waals surface area contributed by atoms with E-state index in [0.717, 1.165) is 34.5 Å². The van der Waals surface area contributed by atoms with Crippen molar-refractivity contribution in [1.82, 2.24) is 19.7 Å². The summed E-state index contributed by atoms with van der Waals surface area (Å²) >= 11 is 0. The Morgan fingerprint density at radius 3 is 2.56 bits per heavy atom. The minimum atomic E-state index is -0.287. The number of amides is 1. The van der Waals surface area contributed by atoms with Crippen LogP contribution in [0.2, 0.25) is 0 Å². The van der Waals surface area contributed by atoms with E-state index in [1.807, 2.05) is 69.3 Å². The number of nitrogens with one attached hydrogen (secondary N) is 1. The Labute approximate surface area is 207 Å². The van der Waals surface area contributed by atoms with Gasteiger partial charge < -0.3 is 14.4 Å². The molecule has 3 aromatic heterocycles. The summed E-state index contributed by atoms with van der Waals surface area (Å²) in [6, 6.07) is 18.9. The van der Waals surface area contributed by atoms with E-state index in [-0.39, 0.29) is 29.3 Å². The molecule has 36 heavy (non-hydrogen) atoms. The minimum Gasteiger partial charge on any atom is -0.333 e. The number of aryl methyl sites for hydroxylation is 3. The van der Waals surface area contributed by atoms with Crippen LogP contribution >= 0.6 is 0 Å². The van der Waals surface area contributed by atoms with Gasteiger partial charge in [-0.05, 0) is 44.0 Å². The lowest BCUT2D eigenvalue weighted by atomic mass is 10.1. The molecule has 0 bridgehead atoms. The van der Waals surface area contributed by atoms with Gasteiger partial charge >= 0.3 is 0 Å². The number of para-hydroxylation sites is 1. The molecule has 1 amide bonds. The number of nitrogens with zero attached hydrogens (tertiary/aromatic N) is 4. The Morgan fingerprint density at radius 1 is 1.00 bits per heavy atom. The van der Waals surface area contributed by atoms with Gasteiger partial charge in [-0.15, -0.1) is 0 Å². The molecule has 3 heterocycles. The number of carbonyl (C=O) groups excluding carboxylic acids is 1. The van der Waals surface area contributed by atoms with Crippen molar-refractivity contribution in [2.24, 2.45) is 0 Å². The highest BCUT2D eigenvalue weighted by atomic mass is 16.5. The zero-order valence-electron chi connectivity index (χ0n) is 20.3. The highest BCUT2D eigenvalue weighted by Gasteiger charge is 2.19. The molecule has 2 aromatic carbocycles. The van der Waals surface area contributed by atoms with Crippen LogP contribution in [0.15, 0.2) is 76.2 Å². The third-order valence-electron chi connectivity index (χ3n) is 6.01. The Hall–Kier alpha value is -4.59. The number of rotatable bonds is 6.